The fourth-order valence-corrected chi connectivity index (χ4v) is 4.55. The van der Waals surface area contributed by atoms with Gasteiger partial charge in [-0.3, -0.25) is 9.52 Å². The highest BCUT2D eigenvalue weighted by Crippen LogP contribution is 2.30. The molecule has 8 heteroatoms. The summed E-state index contributed by atoms with van der Waals surface area (Å²) in [6.07, 6.45) is 0. The number of hydrogen-bond donors (Lipinski definition) is 2. The first-order valence-corrected chi connectivity index (χ1v) is 11.0. The Balaban J connectivity index is 1.96. The van der Waals surface area contributed by atoms with Crippen LogP contribution in [-0.4, -0.2) is 21.4 Å². The number of halogens is 1. The van der Waals surface area contributed by atoms with Crippen molar-refractivity contribution in [2.75, 3.05) is 17.1 Å². The Kier molecular flexibility index (Phi) is 6.31. The zero-order valence-corrected chi connectivity index (χ0v) is 18.4. The number of carbonyl (C=O) groups is 1. The number of aryl methyl sites for hydroxylation is 3. The summed E-state index contributed by atoms with van der Waals surface area (Å²) in [5.41, 5.74) is 3.06. The van der Waals surface area contributed by atoms with Gasteiger partial charge in [-0.15, -0.1) is 0 Å². The van der Waals surface area contributed by atoms with E-state index in [1.165, 1.54) is 49.6 Å². The second-order valence-electron chi connectivity index (χ2n) is 7.18. The number of methoxy groups -OCH3 is 1. The molecule has 1 amide bonds. The number of anilines is 2. The van der Waals surface area contributed by atoms with E-state index in [9.17, 15) is 17.6 Å². The molecule has 0 saturated carbocycles. The summed E-state index contributed by atoms with van der Waals surface area (Å²) in [5.74, 6) is -1.16. The fourth-order valence-electron chi connectivity index (χ4n) is 3.32. The fraction of sp³-hybridized carbons (Fsp3) is 0.174. The normalized spacial score (nSPS) is 11.1. The topological polar surface area (TPSA) is 84.5 Å². The SMILES string of the molecule is COc1ccc(S(=O)(=O)Nc2c(C)cc(C)cc2C)cc1NC(=O)c1ccccc1F. The van der Waals surface area contributed by atoms with Crippen LogP contribution in [-0.2, 0) is 10.0 Å². The summed E-state index contributed by atoms with van der Waals surface area (Å²) in [6, 6.07) is 13.4. The quantitative estimate of drug-likeness (QED) is 0.574. The van der Waals surface area contributed by atoms with E-state index in [1.54, 1.807) is 0 Å². The second kappa shape index (κ2) is 8.77. The van der Waals surface area contributed by atoms with Crippen molar-refractivity contribution in [3.63, 3.8) is 0 Å². The predicted octanol–water partition coefficient (Wildman–Crippen LogP) is 4.81. The first-order valence-electron chi connectivity index (χ1n) is 9.47. The number of hydrogen-bond acceptors (Lipinski definition) is 4. The van der Waals surface area contributed by atoms with Crippen molar-refractivity contribution in [2.45, 2.75) is 25.7 Å². The first kappa shape index (κ1) is 22.3. The molecule has 2 N–H and O–H groups in total. The standard InChI is InChI=1S/C23H23FN2O4S/c1-14-11-15(2)22(16(3)12-14)26-31(28,29)17-9-10-21(30-4)20(13-17)25-23(27)18-7-5-6-8-19(18)24/h5-13,26H,1-4H3,(H,25,27). The van der Waals surface area contributed by atoms with Crippen molar-refractivity contribution in [1.29, 1.82) is 0 Å². The van der Waals surface area contributed by atoms with Gasteiger partial charge in [-0.2, -0.15) is 0 Å². The average Bonchev–Trinajstić information content (AvgIpc) is 2.71. The van der Waals surface area contributed by atoms with Gasteiger partial charge in [-0.05, 0) is 62.2 Å². The summed E-state index contributed by atoms with van der Waals surface area (Å²) in [5, 5.41) is 2.53. The molecule has 0 aliphatic rings. The van der Waals surface area contributed by atoms with Gasteiger partial charge in [0.05, 0.1) is 28.9 Å². The lowest BCUT2D eigenvalue weighted by atomic mass is 10.1. The molecule has 3 aromatic rings. The van der Waals surface area contributed by atoms with Crippen molar-refractivity contribution >= 4 is 27.3 Å². The Morgan fingerprint density at radius 1 is 0.968 bits per heavy atom. The third kappa shape index (κ3) is 4.86. The van der Waals surface area contributed by atoms with Crippen LogP contribution in [0.15, 0.2) is 59.5 Å². The molecule has 6 nitrogen and oxygen atoms in total. The maximum absolute atomic E-state index is 13.9. The van der Waals surface area contributed by atoms with Gasteiger partial charge in [-0.1, -0.05) is 29.8 Å². The van der Waals surface area contributed by atoms with Crippen molar-refractivity contribution in [3.05, 3.63) is 82.7 Å². The van der Waals surface area contributed by atoms with E-state index in [1.807, 2.05) is 32.9 Å². The largest absolute Gasteiger partial charge is 0.495 e. The number of benzene rings is 3. The molecule has 0 unspecified atom stereocenters. The van der Waals surface area contributed by atoms with E-state index < -0.39 is 21.7 Å². The van der Waals surface area contributed by atoms with E-state index in [0.717, 1.165) is 16.7 Å². The Labute approximate surface area is 181 Å². The summed E-state index contributed by atoms with van der Waals surface area (Å²) in [4.78, 5) is 12.4. The lowest BCUT2D eigenvalue weighted by Gasteiger charge is -2.16. The molecule has 31 heavy (non-hydrogen) atoms. The van der Waals surface area contributed by atoms with Gasteiger partial charge in [0.25, 0.3) is 15.9 Å². The van der Waals surface area contributed by atoms with Crippen molar-refractivity contribution in [1.82, 2.24) is 0 Å². The van der Waals surface area contributed by atoms with Gasteiger partial charge in [0.2, 0.25) is 0 Å². The Morgan fingerprint density at radius 2 is 1.61 bits per heavy atom. The highest BCUT2D eigenvalue weighted by Gasteiger charge is 2.20. The van der Waals surface area contributed by atoms with Crippen LogP contribution in [0, 0.1) is 26.6 Å². The minimum Gasteiger partial charge on any atom is -0.495 e. The minimum absolute atomic E-state index is 0.0727. The summed E-state index contributed by atoms with van der Waals surface area (Å²) < 4.78 is 47.8. The Morgan fingerprint density at radius 3 is 2.23 bits per heavy atom. The van der Waals surface area contributed by atoms with E-state index in [-0.39, 0.29) is 21.9 Å². The molecule has 0 spiro atoms. The molecule has 0 aliphatic carbocycles. The van der Waals surface area contributed by atoms with Crippen LogP contribution in [0.3, 0.4) is 0 Å². The number of nitrogens with one attached hydrogen (secondary N) is 2. The second-order valence-corrected chi connectivity index (χ2v) is 8.86. The van der Waals surface area contributed by atoms with Crippen LogP contribution >= 0.6 is 0 Å². The van der Waals surface area contributed by atoms with Crippen LogP contribution in [0.5, 0.6) is 5.75 Å². The number of rotatable bonds is 6. The van der Waals surface area contributed by atoms with E-state index in [2.05, 4.69) is 10.0 Å². The lowest BCUT2D eigenvalue weighted by Crippen LogP contribution is -2.17. The minimum atomic E-state index is -3.96. The predicted molar refractivity (Wildman–Crippen MR) is 119 cm³/mol. The third-order valence-electron chi connectivity index (χ3n) is 4.76. The smallest absolute Gasteiger partial charge is 0.261 e. The average molecular weight is 443 g/mol. The molecule has 3 rings (SSSR count). The van der Waals surface area contributed by atoms with Crippen LogP contribution in [0.1, 0.15) is 27.0 Å². The van der Waals surface area contributed by atoms with Crippen LogP contribution < -0.4 is 14.8 Å². The van der Waals surface area contributed by atoms with Crippen molar-refractivity contribution in [2.24, 2.45) is 0 Å². The molecule has 0 radical (unpaired) electrons. The van der Waals surface area contributed by atoms with Crippen molar-refractivity contribution in [3.8, 4) is 5.75 Å². The Hall–Kier alpha value is -3.39. The van der Waals surface area contributed by atoms with Gasteiger partial charge in [0, 0.05) is 0 Å². The van der Waals surface area contributed by atoms with E-state index in [4.69, 9.17) is 4.74 Å². The summed E-state index contributed by atoms with van der Waals surface area (Å²) in [6.45, 7) is 5.59. The molecular formula is C23H23FN2O4S. The number of carbonyl (C=O) groups excluding carboxylic acids is 1. The van der Waals surface area contributed by atoms with E-state index >= 15 is 0 Å². The molecule has 0 aliphatic heterocycles. The van der Waals surface area contributed by atoms with Crippen LogP contribution in [0.4, 0.5) is 15.8 Å². The number of amides is 1. The Bertz CT molecular complexity index is 1230. The lowest BCUT2D eigenvalue weighted by molar-refractivity contribution is 0.102. The molecule has 0 fully saturated rings. The van der Waals surface area contributed by atoms with Gasteiger partial charge in [0.1, 0.15) is 11.6 Å². The monoisotopic (exact) mass is 442 g/mol. The van der Waals surface area contributed by atoms with Gasteiger partial charge < -0.3 is 10.1 Å². The summed E-state index contributed by atoms with van der Waals surface area (Å²) in [7, 11) is -2.57. The highest BCUT2D eigenvalue weighted by molar-refractivity contribution is 7.92. The molecule has 0 bridgehead atoms. The maximum Gasteiger partial charge on any atom is 0.261 e. The van der Waals surface area contributed by atoms with Crippen LogP contribution in [0.2, 0.25) is 0 Å². The maximum atomic E-state index is 13.9. The van der Waals surface area contributed by atoms with Gasteiger partial charge >= 0.3 is 0 Å². The zero-order chi connectivity index (χ0) is 22.8. The number of sulfonamides is 1. The molecule has 0 atom stereocenters. The first-order chi connectivity index (χ1) is 14.6. The highest BCUT2D eigenvalue weighted by atomic mass is 32.2. The van der Waals surface area contributed by atoms with Crippen LogP contribution in [0.25, 0.3) is 0 Å². The molecule has 3 aromatic carbocycles. The molecule has 0 heterocycles. The van der Waals surface area contributed by atoms with Gasteiger partial charge in [-0.25, -0.2) is 12.8 Å². The molecule has 0 aromatic heterocycles. The zero-order valence-electron chi connectivity index (χ0n) is 17.6. The van der Waals surface area contributed by atoms with E-state index in [0.29, 0.717) is 5.69 Å². The van der Waals surface area contributed by atoms with Crippen molar-refractivity contribution < 1.29 is 22.3 Å². The third-order valence-corrected chi connectivity index (χ3v) is 6.11. The molecule has 0 saturated heterocycles. The summed E-state index contributed by atoms with van der Waals surface area (Å²) >= 11 is 0. The van der Waals surface area contributed by atoms with Gasteiger partial charge in [0.15, 0.2) is 0 Å². The molecular weight excluding hydrogens is 419 g/mol. The number of ether oxygens (including phenoxy) is 1. The molecule has 162 valence electrons.